The van der Waals surface area contributed by atoms with Crippen molar-refractivity contribution in [1.29, 1.82) is 0 Å². The van der Waals surface area contributed by atoms with Gasteiger partial charge in [-0.25, -0.2) is 0 Å². The van der Waals surface area contributed by atoms with Gasteiger partial charge in [-0.1, -0.05) is 12.8 Å². The highest BCUT2D eigenvalue weighted by Crippen LogP contribution is 2.37. The number of rotatable bonds is 5. The van der Waals surface area contributed by atoms with Gasteiger partial charge in [0.2, 0.25) is 0 Å². The fourth-order valence-corrected chi connectivity index (χ4v) is 2.28. The zero-order valence-electron chi connectivity index (χ0n) is 10.2. The average Bonchev–Trinajstić information content (AvgIpc) is 2.29. The van der Waals surface area contributed by atoms with Crippen molar-refractivity contribution in [2.24, 2.45) is 5.92 Å². The van der Waals surface area contributed by atoms with Crippen LogP contribution in [0, 0.1) is 5.92 Å². The predicted octanol–water partition coefficient (Wildman–Crippen LogP) is 2.32. The molecule has 0 bridgehead atoms. The summed E-state index contributed by atoms with van der Waals surface area (Å²) >= 11 is 0. The Bertz CT molecular complexity index is 219. The van der Waals surface area contributed by atoms with E-state index in [0.29, 0.717) is 12.8 Å². The third kappa shape index (κ3) is 4.44. The van der Waals surface area contributed by atoms with E-state index in [-0.39, 0.29) is 13.0 Å². The largest absolute Gasteiger partial charge is 0.393 e. The maximum atomic E-state index is 12.8. The van der Waals surface area contributed by atoms with Crippen LogP contribution in [0.4, 0.5) is 13.2 Å². The molecule has 1 rings (SSSR count). The van der Waals surface area contributed by atoms with Crippen LogP contribution in [-0.4, -0.2) is 39.3 Å². The molecular formula is C11H20F3NO2. The van der Waals surface area contributed by atoms with Crippen molar-refractivity contribution in [3.63, 3.8) is 0 Å². The summed E-state index contributed by atoms with van der Waals surface area (Å²) in [5.74, 6) is -1.24. The molecule has 2 unspecified atom stereocenters. The van der Waals surface area contributed by atoms with Crippen molar-refractivity contribution in [3.05, 3.63) is 0 Å². The molecule has 1 aliphatic rings. The van der Waals surface area contributed by atoms with Crippen LogP contribution in [0.5, 0.6) is 0 Å². The van der Waals surface area contributed by atoms with E-state index in [2.05, 4.69) is 5.32 Å². The van der Waals surface area contributed by atoms with Gasteiger partial charge >= 0.3 is 6.18 Å². The molecule has 0 aromatic rings. The first-order chi connectivity index (χ1) is 7.99. The van der Waals surface area contributed by atoms with Crippen LogP contribution in [-0.2, 0) is 9.47 Å². The maximum Gasteiger partial charge on any atom is 0.393 e. The third-order valence-electron chi connectivity index (χ3n) is 3.26. The van der Waals surface area contributed by atoms with Crippen molar-refractivity contribution in [1.82, 2.24) is 5.32 Å². The summed E-state index contributed by atoms with van der Waals surface area (Å²) in [4.78, 5) is 0. The zero-order chi connectivity index (χ0) is 12.9. The highest BCUT2D eigenvalue weighted by Gasteiger charge is 2.45. The van der Waals surface area contributed by atoms with Crippen molar-refractivity contribution >= 4 is 0 Å². The summed E-state index contributed by atoms with van der Waals surface area (Å²) in [6.07, 6.45) is -2.34. The van der Waals surface area contributed by atoms with E-state index < -0.39 is 24.4 Å². The van der Waals surface area contributed by atoms with Crippen LogP contribution in [0.3, 0.4) is 0 Å². The van der Waals surface area contributed by atoms with E-state index in [1.807, 2.05) is 0 Å². The molecule has 3 nitrogen and oxygen atoms in total. The van der Waals surface area contributed by atoms with Crippen LogP contribution in [0.2, 0.25) is 0 Å². The molecular weight excluding hydrogens is 235 g/mol. The molecule has 1 saturated carbocycles. The minimum Gasteiger partial charge on any atom is -0.355 e. The number of nitrogens with one attached hydrogen (secondary N) is 1. The Morgan fingerprint density at radius 2 is 1.76 bits per heavy atom. The van der Waals surface area contributed by atoms with Gasteiger partial charge in [0.05, 0.1) is 5.92 Å². The first kappa shape index (κ1) is 14.7. The maximum absolute atomic E-state index is 12.8. The van der Waals surface area contributed by atoms with Gasteiger partial charge in [-0.2, -0.15) is 13.2 Å². The quantitative estimate of drug-likeness (QED) is 0.765. The summed E-state index contributed by atoms with van der Waals surface area (Å²) in [6.45, 7) is 0.282. The lowest BCUT2D eigenvalue weighted by molar-refractivity contribution is -0.190. The number of ether oxygens (including phenoxy) is 2. The molecule has 0 aromatic carbocycles. The van der Waals surface area contributed by atoms with Crippen molar-refractivity contribution in [2.75, 3.05) is 20.8 Å². The Labute approximate surface area is 99.7 Å². The molecule has 1 N–H and O–H groups in total. The Kier molecular flexibility index (Phi) is 5.69. The molecule has 0 saturated heterocycles. The van der Waals surface area contributed by atoms with Crippen LogP contribution >= 0.6 is 0 Å². The summed E-state index contributed by atoms with van der Waals surface area (Å²) in [5.41, 5.74) is 0. The molecule has 0 amide bonds. The van der Waals surface area contributed by atoms with E-state index >= 15 is 0 Å². The van der Waals surface area contributed by atoms with Crippen LogP contribution in [0.1, 0.15) is 25.7 Å². The van der Waals surface area contributed by atoms with Gasteiger partial charge in [0, 0.05) is 26.8 Å². The van der Waals surface area contributed by atoms with Gasteiger partial charge in [0.1, 0.15) is 0 Å². The van der Waals surface area contributed by atoms with Gasteiger partial charge in [-0.15, -0.1) is 0 Å². The standard InChI is InChI=1S/C11H20F3NO2/c1-16-10(17-2)7-15-9-6-4-3-5-8(9)11(12,13)14/h8-10,15H,3-7H2,1-2H3. The molecule has 6 heteroatoms. The number of alkyl halides is 3. The minimum atomic E-state index is -4.12. The van der Waals surface area contributed by atoms with Crippen molar-refractivity contribution in [2.45, 2.75) is 44.2 Å². The molecule has 2 atom stereocenters. The monoisotopic (exact) mass is 255 g/mol. The summed E-state index contributed by atoms with van der Waals surface area (Å²) in [7, 11) is 2.94. The normalized spacial score (nSPS) is 26.5. The highest BCUT2D eigenvalue weighted by molar-refractivity contribution is 4.85. The van der Waals surface area contributed by atoms with Crippen molar-refractivity contribution < 1.29 is 22.6 Å². The minimum absolute atomic E-state index is 0.214. The number of methoxy groups -OCH3 is 2. The first-order valence-corrected chi connectivity index (χ1v) is 5.84. The van der Waals surface area contributed by atoms with Gasteiger partial charge in [0.15, 0.2) is 6.29 Å². The molecule has 1 aliphatic carbocycles. The lowest BCUT2D eigenvalue weighted by atomic mass is 9.84. The Morgan fingerprint density at radius 1 is 1.18 bits per heavy atom. The van der Waals surface area contributed by atoms with Gasteiger partial charge in [0.25, 0.3) is 0 Å². The average molecular weight is 255 g/mol. The Morgan fingerprint density at radius 3 is 2.29 bits per heavy atom. The molecule has 0 aliphatic heterocycles. The van der Waals surface area contributed by atoms with E-state index in [1.165, 1.54) is 14.2 Å². The number of halogens is 3. The lowest BCUT2D eigenvalue weighted by Gasteiger charge is -2.34. The zero-order valence-corrected chi connectivity index (χ0v) is 10.2. The Hall–Kier alpha value is -0.330. The predicted molar refractivity (Wildman–Crippen MR) is 57.6 cm³/mol. The molecule has 0 heterocycles. The van der Waals surface area contributed by atoms with Gasteiger partial charge in [-0.05, 0) is 12.8 Å². The summed E-state index contributed by atoms with van der Waals surface area (Å²) in [5, 5.41) is 2.91. The number of hydrogen-bond donors (Lipinski definition) is 1. The molecule has 17 heavy (non-hydrogen) atoms. The second kappa shape index (κ2) is 6.56. The number of hydrogen-bond acceptors (Lipinski definition) is 3. The van der Waals surface area contributed by atoms with E-state index in [9.17, 15) is 13.2 Å². The van der Waals surface area contributed by atoms with E-state index in [4.69, 9.17) is 9.47 Å². The SMILES string of the molecule is COC(CNC1CCCCC1C(F)(F)F)OC. The first-order valence-electron chi connectivity index (χ1n) is 5.84. The smallest absolute Gasteiger partial charge is 0.355 e. The van der Waals surface area contributed by atoms with E-state index in [0.717, 1.165) is 6.42 Å². The highest BCUT2D eigenvalue weighted by atomic mass is 19.4. The molecule has 102 valence electrons. The van der Waals surface area contributed by atoms with Crippen LogP contribution in [0.15, 0.2) is 0 Å². The topological polar surface area (TPSA) is 30.5 Å². The van der Waals surface area contributed by atoms with Gasteiger partial charge < -0.3 is 14.8 Å². The Balaban J connectivity index is 2.48. The summed E-state index contributed by atoms with van der Waals surface area (Å²) in [6, 6.07) is -0.517. The van der Waals surface area contributed by atoms with Crippen LogP contribution < -0.4 is 5.32 Å². The fourth-order valence-electron chi connectivity index (χ4n) is 2.28. The second-order valence-corrected chi connectivity index (χ2v) is 4.35. The van der Waals surface area contributed by atoms with Gasteiger partial charge in [-0.3, -0.25) is 0 Å². The fraction of sp³-hybridized carbons (Fsp3) is 1.00. The second-order valence-electron chi connectivity index (χ2n) is 4.35. The lowest BCUT2D eigenvalue weighted by Crippen LogP contribution is -2.48. The van der Waals surface area contributed by atoms with E-state index in [1.54, 1.807) is 0 Å². The van der Waals surface area contributed by atoms with Crippen molar-refractivity contribution in [3.8, 4) is 0 Å². The molecule has 1 fully saturated rings. The molecule has 0 spiro atoms. The third-order valence-corrected chi connectivity index (χ3v) is 3.26. The van der Waals surface area contributed by atoms with Crippen LogP contribution in [0.25, 0.3) is 0 Å². The summed E-state index contributed by atoms with van der Waals surface area (Å²) < 4.78 is 48.2. The molecule has 0 radical (unpaired) electrons. The molecule has 0 aromatic heterocycles.